The quantitative estimate of drug-likeness (QED) is 0.387. The smallest absolute Gasteiger partial charge is 0.475 e. The topological polar surface area (TPSA) is 96.9 Å². The molecular formula is C17H28F3N3O3. The van der Waals surface area contributed by atoms with Crippen molar-refractivity contribution in [2.75, 3.05) is 26.8 Å². The number of guanidine groups is 1. The molecule has 0 spiro atoms. The second kappa shape index (κ2) is 8.92. The zero-order valence-electron chi connectivity index (χ0n) is 15.0. The Bertz CT molecular complexity index is 483. The third-order valence-corrected chi connectivity index (χ3v) is 5.75. The lowest BCUT2D eigenvalue weighted by Gasteiger charge is -2.54. The van der Waals surface area contributed by atoms with E-state index < -0.39 is 12.1 Å². The second-order valence-corrected chi connectivity index (χ2v) is 7.54. The molecule has 4 aliphatic rings. The second-order valence-electron chi connectivity index (χ2n) is 7.54. The van der Waals surface area contributed by atoms with Crippen molar-refractivity contribution in [1.29, 1.82) is 0 Å². The Morgan fingerprint density at radius 1 is 1.19 bits per heavy atom. The number of aliphatic imine (C=N–C) groups is 1. The third-order valence-electron chi connectivity index (χ3n) is 5.75. The fourth-order valence-electron chi connectivity index (χ4n) is 4.88. The van der Waals surface area contributed by atoms with Crippen molar-refractivity contribution < 1.29 is 27.8 Å². The van der Waals surface area contributed by atoms with Crippen LogP contribution in [0.5, 0.6) is 0 Å². The molecule has 150 valence electrons. The van der Waals surface area contributed by atoms with Gasteiger partial charge in [0.25, 0.3) is 0 Å². The number of nitrogens with one attached hydrogen (secondary N) is 1. The van der Waals surface area contributed by atoms with Crippen molar-refractivity contribution in [2.24, 2.45) is 40.3 Å². The van der Waals surface area contributed by atoms with Gasteiger partial charge in [0.15, 0.2) is 5.96 Å². The van der Waals surface area contributed by atoms with Crippen LogP contribution >= 0.6 is 0 Å². The molecule has 0 unspecified atom stereocenters. The summed E-state index contributed by atoms with van der Waals surface area (Å²) in [7, 11) is 1.70. The fraction of sp³-hybridized carbons (Fsp3) is 0.882. The maximum atomic E-state index is 10.6. The highest BCUT2D eigenvalue weighted by Crippen LogP contribution is 2.56. The van der Waals surface area contributed by atoms with Crippen molar-refractivity contribution in [3.63, 3.8) is 0 Å². The van der Waals surface area contributed by atoms with Gasteiger partial charge in [0.05, 0.1) is 6.61 Å². The molecule has 4 saturated carbocycles. The van der Waals surface area contributed by atoms with Crippen molar-refractivity contribution in [2.45, 2.75) is 38.3 Å². The van der Waals surface area contributed by atoms with E-state index in [9.17, 15) is 13.2 Å². The van der Waals surface area contributed by atoms with Gasteiger partial charge in [0, 0.05) is 20.2 Å². The number of aliphatic carboxylic acids is 1. The van der Waals surface area contributed by atoms with Gasteiger partial charge in [-0.05, 0) is 61.7 Å². The summed E-state index contributed by atoms with van der Waals surface area (Å²) < 4.78 is 36.7. The van der Waals surface area contributed by atoms with E-state index in [0.717, 1.165) is 42.7 Å². The monoisotopic (exact) mass is 379 g/mol. The maximum Gasteiger partial charge on any atom is 0.490 e. The normalized spacial score (nSPS) is 32.8. The number of carboxylic acid groups (broad SMARTS) is 1. The molecule has 4 N–H and O–H groups in total. The zero-order chi connectivity index (χ0) is 19.3. The first kappa shape index (κ1) is 20.8. The van der Waals surface area contributed by atoms with E-state index in [1.807, 2.05) is 0 Å². The van der Waals surface area contributed by atoms with Crippen LogP contribution in [0.3, 0.4) is 0 Å². The molecule has 6 nitrogen and oxygen atoms in total. The van der Waals surface area contributed by atoms with Gasteiger partial charge < -0.3 is 20.9 Å². The molecular weight excluding hydrogens is 351 g/mol. The van der Waals surface area contributed by atoms with E-state index in [-0.39, 0.29) is 0 Å². The number of alkyl halides is 3. The van der Waals surface area contributed by atoms with Gasteiger partial charge in [-0.2, -0.15) is 13.2 Å². The molecule has 0 aliphatic heterocycles. The predicted molar refractivity (Wildman–Crippen MR) is 90.6 cm³/mol. The highest BCUT2D eigenvalue weighted by Gasteiger charge is 2.47. The number of rotatable bonds is 5. The largest absolute Gasteiger partial charge is 0.490 e. The lowest BCUT2D eigenvalue weighted by Crippen LogP contribution is -2.46. The van der Waals surface area contributed by atoms with Crippen LogP contribution in [0.2, 0.25) is 0 Å². The summed E-state index contributed by atoms with van der Waals surface area (Å²) in [6, 6.07) is 0. The molecule has 4 bridgehead atoms. The Hall–Kier alpha value is -1.51. The molecule has 0 saturated heterocycles. The molecule has 0 aromatic carbocycles. The summed E-state index contributed by atoms with van der Waals surface area (Å²) in [6.45, 7) is 2.35. The minimum atomic E-state index is -5.08. The van der Waals surface area contributed by atoms with Crippen molar-refractivity contribution >= 4 is 11.9 Å². The molecule has 0 aromatic heterocycles. The Kier molecular flexibility index (Phi) is 7.14. The molecule has 4 rings (SSSR count). The van der Waals surface area contributed by atoms with Gasteiger partial charge in [0.2, 0.25) is 0 Å². The number of halogens is 3. The van der Waals surface area contributed by atoms with Crippen LogP contribution in [0.15, 0.2) is 4.99 Å². The standard InChI is InChI=1S/C15H27N3O.C2HF3O2/c1-19-3-2-17-15(16)18-9-14-12-5-10-4-11(7-12)8-13(14)6-10;3-2(4,5)1(6)7/h10-14H,2-9H2,1H3,(H3,16,17,18);(H,6,7). The van der Waals surface area contributed by atoms with Gasteiger partial charge in [-0.15, -0.1) is 0 Å². The molecule has 0 amide bonds. The first-order valence-electron chi connectivity index (χ1n) is 9.03. The average Bonchev–Trinajstić information content (AvgIpc) is 2.53. The number of hydrogen-bond acceptors (Lipinski definition) is 3. The Morgan fingerprint density at radius 3 is 2.12 bits per heavy atom. The number of nitrogens with two attached hydrogens (primary N) is 1. The van der Waals surface area contributed by atoms with Gasteiger partial charge in [-0.3, -0.25) is 4.99 Å². The van der Waals surface area contributed by atoms with Crippen LogP contribution in [0.4, 0.5) is 13.2 Å². The Balaban J connectivity index is 0.000000298. The van der Waals surface area contributed by atoms with E-state index in [0.29, 0.717) is 12.6 Å². The summed E-state index contributed by atoms with van der Waals surface area (Å²) in [5.74, 6) is 2.59. The number of carboxylic acids is 1. The molecule has 4 aliphatic carbocycles. The third kappa shape index (κ3) is 5.75. The molecule has 0 radical (unpaired) electrons. The van der Waals surface area contributed by atoms with E-state index in [1.165, 1.54) is 32.1 Å². The van der Waals surface area contributed by atoms with E-state index in [2.05, 4.69) is 10.3 Å². The van der Waals surface area contributed by atoms with Crippen molar-refractivity contribution in [3.05, 3.63) is 0 Å². The SMILES string of the molecule is COCCNC(N)=NCC1C2CC3CC(C2)CC1C3.O=C(O)C(F)(F)F. The van der Waals surface area contributed by atoms with Gasteiger partial charge >= 0.3 is 12.1 Å². The molecule has 4 fully saturated rings. The number of ether oxygens (including phenoxy) is 1. The lowest BCUT2D eigenvalue weighted by atomic mass is 9.52. The van der Waals surface area contributed by atoms with Gasteiger partial charge in [0.1, 0.15) is 0 Å². The summed E-state index contributed by atoms with van der Waals surface area (Å²) in [4.78, 5) is 13.5. The molecule has 0 atom stereocenters. The van der Waals surface area contributed by atoms with Crippen molar-refractivity contribution in [1.82, 2.24) is 5.32 Å². The van der Waals surface area contributed by atoms with Crippen LogP contribution < -0.4 is 11.1 Å². The highest BCUT2D eigenvalue weighted by atomic mass is 19.4. The van der Waals surface area contributed by atoms with E-state index in [1.54, 1.807) is 7.11 Å². The molecule has 9 heteroatoms. The van der Waals surface area contributed by atoms with Crippen LogP contribution in [-0.4, -0.2) is 50.0 Å². The molecule has 0 heterocycles. The number of methoxy groups -OCH3 is 1. The summed E-state index contributed by atoms with van der Waals surface area (Å²) in [5, 5.41) is 10.2. The van der Waals surface area contributed by atoms with Crippen LogP contribution in [0.1, 0.15) is 32.1 Å². The van der Waals surface area contributed by atoms with Gasteiger partial charge in [-0.1, -0.05) is 0 Å². The summed E-state index contributed by atoms with van der Waals surface area (Å²) >= 11 is 0. The van der Waals surface area contributed by atoms with E-state index in [4.69, 9.17) is 20.4 Å². The first-order chi connectivity index (χ1) is 12.2. The first-order valence-corrected chi connectivity index (χ1v) is 9.03. The highest BCUT2D eigenvalue weighted by molar-refractivity contribution is 5.77. The predicted octanol–water partition coefficient (Wildman–Crippen LogP) is 2.24. The van der Waals surface area contributed by atoms with Crippen molar-refractivity contribution in [3.8, 4) is 0 Å². The Morgan fingerprint density at radius 2 is 1.69 bits per heavy atom. The number of hydrogen-bond donors (Lipinski definition) is 3. The minimum Gasteiger partial charge on any atom is -0.475 e. The van der Waals surface area contributed by atoms with Crippen LogP contribution in [0.25, 0.3) is 0 Å². The fourth-order valence-corrected chi connectivity index (χ4v) is 4.88. The molecule has 0 aromatic rings. The maximum absolute atomic E-state index is 10.6. The van der Waals surface area contributed by atoms with Crippen LogP contribution in [-0.2, 0) is 9.53 Å². The number of carbonyl (C=O) groups is 1. The lowest BCUT2D eigenvalue weighted by molar-refractivity contribution is -0.192. The average molecular weight is 379 g/mol. The minimum absolute atomic E-state index is 0.589. The Labute approximate surface area is 151 Å². The summed E-state index contributed by atoms with van der Waals surface area (Å²) in [6.07, 6.45) is 2.28. The molecule has 26 heavy (non-hydrogen) atoms. The zero-order valence-corrected chi connectivity index (χ0v) is 15.0. The van der Waals surface area contributed by atoms with E-state index >= 15 is 0 Å². The number of nitrogens with zero attached hydrogens (tertiary/aromatic N) is 1. The van der Waals surface area contributed by atoms with Gasteiger partial charge in [-0.25, -0.2) is 4.79 Å². The van der Waals surface area contributed by atoms with Crippen LogP contribution in [0, 0.1) is 29.6 Å². The summed E-state index contributed by atoms with van der Waals surface area (Å²) in [5.41, 5.74) is 5.90.